The number of hydrogen-bond acceptors (Lipinski definition) is 2. The zero-order valence-corrected chi connectivity index (χ0v) is 12.5. The molecular weight excluding hydrogens is 273 g/mol. The van der Waals surface area contributed by atoms with Crippen molar-refractivity contribution in [3.8, 4) is 0 Å². The van der Waals surface area contributed by atoms with E-state index in [1.807, 2.05) is 20.8 Å². The van der Waals surface area contributed by atoms with Gasteiger partial charge < -0.3 is 10.0 Å². The molecule has 114 valence electrons. The quantitative estimate of drug-likeness (QED) is 0.819. The van der Waals surface area contributed by atoms with Crippen molar-refractivity contribution < 1.29 is 19.1 Å². The molecule has 0 fully saturated rings. The Balaban J connectivity index is 3.13. The van der Waals surface area contributed by atoms with Crippen molar-refractivity contribution in [1.29, 1.82) is 0 Å². The van der Waals surface area contributed by atoms with Crippen LogP contribution in [0.4, 0.5) is 4.39 Å². The van der Waals surface area contributed by atoms with E-state index < -0.39 is 11.8 Å². The van der Waals surface area contributed by atoms with Crippen molar-refractivity contribution in [2.24, 2.45) is 0 Å². The highest BCUT2D eigenvalue weighted by molar-refractivity contribution is 5.95. The Labute approximate surface area is 123 Å². The van der Waals surface area contributed by atoms with Gasteiger partial charge in [0, 0.05) is 18.7 Å². The van der Waals surface area contributed by atoms with Crippen LogP contribution in [-0.4, -0.2) is 34.5 Å². The molecule has 1 amide bonds. The minimum Gasteiger partial charge on any atom is -0.478 e. The van der Waals surface area contributed by atoms with Gasteiger partial charge in [0.2, 0.25) is 0 Å². The van der Waals surface area contributed by atoms with Gasteiger partial charge >= 0.3 is 5.97 Å². The first-order valence-electron chi connectivity index (χ1n) is 6.88. The summed E-state index contributed by atoms with van der Waals surface area (Å²) in [6, 6.07) is 3.96. The fraction of sp³-hybridized carbons (Fsp3) is 0.375. The first-order valence-corrected chi connectivity index (χ1v) is 6.88. The molecule has 0 unspecified atom stereocenters. The second-order valence-corrected chi connectivity index (χ2v) is 5.00. The van der Waals surface area contributed by atoms with Crippen LogP contribution in [-0.2, 0) is 4.79 Å². The fourth-order valence-corrected chi connectivity index (χ4v) is 1.97. The SMILES string of the molecule is CCCN(C(=O)c1cc(C=CC(=O)O)ccc1F)C(C)C. The molecule has 1 aromatic rings. The van der Waals surface area contributed by atoms with E-state index in [1.165, 1.54) is 24.3 Å². The summed E-state index contributed by atoms with van der Waals surface area (Å²) in [5, 5.41) is 8.60. The van der Waals surface area contributed by atoms with E-state index in [9.17, 15) is 14.0 Å². The average molecular weight is 293 g/mol. The molecule has 0 bridgehead atoms. The number of nitrogens with zero attached hydrogens (tertiary/aromatic N) is 1. The molecule has 0 saturated carbocycles. The molecule has 1 aromatic carbocycles. The maximum absolute atomic E-state index is 13.9. The molecule has 1 N–H and O–H groups in total. The lowest BCUT2D eigenvalue weighted by atomic mass is 10.1. The van der Waals surface area contributed by atoms with Crippen molar-refractivity contribution in [1.82, 2.24) is 4.90 Å². The van der Waals surface area contributed by atoms with Gasteiger partial charge in [-0.15, -0.1) is 0 Å². The number of rotatable bonds is 6. The summed E-state index contributed by atoms with van der Waals surface area (Å²) in [7, 11) is 0. The first kappa shape index (κ1) is 16.9. The molecule has 0 spiro atoms. The molecule has 1 rings (SSSR count). The average Bonchev–Trinajstić information content (AvgIpc) is 2.42. The van der Waals surface area contributed by atoms with Gasteiger partial charge in [-0.1, -0.05) is 13.0 Å². The zero-order valence-electron chi connectivity index (χ0n) is 12.5. The molecule has 0 saturated heterocycles. The van der Waals surface area contributed by atoms with Crippen molar-refractivity contribution >= 4 is 18.0 Å². The molecule has 0 aromatic heterocycles. The van der Waals surface area contributed by atoms with Gasteiger partial charge in [-0.05, 0) is 44.0 Å². The lowest BCUT2D eigenvalue weighted by molar-refractivity contribution is -0.131. The summed E-state index contributed by atoms with van der Waals surface area (Å²) in [4.78, 5) is 24.5. The minimum absolute atomic E-state index is 0.0323. The third kappa shape index (κ3) is 4.70. The molecule has 5 heteroatoms. The van der Waals surface area contributed by atoms with Gasteiger partial charge in [-0.2, -0.15) is 0 Å². The highest BCUT2D eigenvalue weighted by Crippen LogP contribution is 2.16. The Kier molecular flexibility index (Phi) is 6.09. The van der Waals surface area contributed by atoms with E-state index in [0.717, 1.165) is 12.5 Å². The van der Waals surface area contributed by atoms with Crippen LogP contribution in [0.25, 0.3) is 6.08 Å². The van der Waals surface area contributed by atoms with E-state index in [4.69, 9.17) is 5.11 Å². The Morgan fingerprint density at radius 3 is 2.57 bits per heavy atom. The minimum atomic E-state index is -1.10. The standard InChI is InChI=1S/C16H20FNO3/c1-4-9-18(11(2)3)16(21)13-10-12(5-7-14(13)17)6-8-15(19)20/h5-8,10-11H,4,9H2,1-3H3,(H,19,20). The molecule has 0 aliphatic carbocycles. The van der Waals surface area contributed by atoms with Gasteiger partial charge in [-0.25, -0.2) is 9.18 Å². The first-order chi connectivity index (χ1) is 9.86. The van der Waals surface area contributed by atoms with Crippen LogP contribution >= 0.6 is 0 Å². The number of aliphatic carboxylic acids is 1. The molecule has 21 heavy (non-hydrogen) atoms. The smallest absolute Gasteiger partial charge is 0.328 e. The van der Waals surface area contributed by atoms with Crippen LogP contribution in [0.5, 0.6) is 0 Å². The summed E-state index contributed by atoms with van der Waals surface area (Å²) >= 11 is 0. The number of carboxylic acids is 1. The number of amides is 1. The van der Waals surface area contributed by atoms with Crippen molar-refractivity contribution in [3.05, 3.63) is 41.2 Å². The predicted molar refractivity (Wildman–Crippen MR) is 79.5 cm³/mol. The Hall–Kier alpha value is -2.17. The van der Waals surface area contributed by atoms with E-state index in [1.54, 1.807) is 4.90 Å². The number of carbonyl (C=O) groups is 2. The third-order valence-corrected chi connectivity index (χ3v) is 2.99. The molecular formula is C16H20FNO3. The molecule has 0 radical (unpaired) electrons. The second kappa shape index (κ2) is 7.57. The maximum atomic E-state index is 13.9. The van der Waals surface area contributed by atoms with E-state index in [0.29, 0.717) is 12.1 Å². The van der Waals surface area contributed by atoms with Crippen molar-refractivity contribution in [2.45, 2.75) is 33.2 Å². The number of hydrogen-bond donors (Lipinski definition) is 1. The van der Waals surface area contributed by atoms with Crippen LogP contribution in [0.2, 0.25) is 0 Å². The molecule has 0 heterocycles. The second-order valence-electron chi connectivity index (χ2n) is 5.00. The normalized spacial score (nSPS) is 11.1. The summed E-state index contributed by atoms with van der Waals surface area (Å²) in [5.74, 6) is -2.08. The van der Waals surface area contributed by atoms with E-state index in [2.05, 4.69) is 0 Å². The topological polar surface area (TPSA) is 57.6 Å². The predicted octanol–water partition coefficient (Wildman–Crippen LogP) is 3.18. The van der Waals surface area contributed by atoms with Gasteiger partial charge in [0.15, 0.2) is 0 Å². The maximum Gasteiger partial charge on any atom is 0.328 e. The molecule has 0 aliphatic rings. The zero-order chi connectivity index (χ0) is 16.0. The summed E-state index contributed by atoms with van der Waals surface area (Å²) in [5.41, 5.74) is 0.437. The third-order valence-electron chi connectivity index (χ3n) is 2.99. The fourth-order valence-electron chi connectivity index (χ4n) is 1.97. The van der Waals surface area contributed by atoms with Crippen LogP contribution < -0.4 is 0 Å². The number of halogens is 1. The van der Waals surface area contributed by atoms with Gasteiger partial charge in [0.1, 0.15) is 5.82 Å². The lowest BCUT2D eigenvalue weighted by Gasteiger charge is -2.26. The van der Waals surface area contributed by atoms with Crippen LogP contribution in [0.3, 0.4) is 0 Å². The van der Waals surface area contributed by atoms with E-state index in [-0.39, 0.29) is 17.5 Å². The Morgan fingerprint density at radius 1 is 1.38 bits per heavy atom. The molecule has 0 aliphatic heterocycles. The molecule has 4 nitrogen and oxygen atoms in total. The number of carbonyl (C=O) groups excluding carboxylic acids is 1. The highest BCUT2D eigenvalue weighted by atomic mass is 19.1. The summed E-state index contributed by atoms with van der Waals surface area (Å²) < 4.78 is 13.9. The van der Waals surface area contributed by atoms with E-state index >= 15 is 0 Å². The number of benzene rings is 1. The molecule has 0 atom stereocenters. The summed E-state index contributed by atoms with van der Waals surface area (Å²) in [6.07, 6.45) is 3.07. The van der Waals surface area contributed by atoms with Crippen LogP contribution in [0, 0.1) is 5.82 Å². The van der Waals surface area contributed by atoms with Crippen LogP contribution in [0.15, 0.2) is 24.3 Å². The number of carboxylic acid groups (broad SMARTS) is 1. The highest BCUT2D eigenvalue weighted by Gasteiger charge is 2.21. The van der Waals surface area contributed by atoms with Gasteiger partial charge in [0.05, 0.1) is 5.56 Å². The summed E-state index contributed by atoms with van der Waals surface area (Å²) in [6.45, 7) is 6.25. The Bertz CT molecular complexity index is 552. The van der Waals surface area contributed by atoms with Gasteiger partial charge in [-0.3, -0.25) is 4.79 Å². The lowest BCUT2D eigenvalue weighted by Crippen LogP contribution is -2.38. The van der Waals surface area contributed by atoms with Crippen molar-refractivity contribution in [3.63, 3.8) is 0 Å². The van der Waals surface area contributed by atoms with Crippen molar-refractivity contribution in [2.75, 3.05) is 6.54 Å². The Morgan fingerprint density at radius 2 is 2.05 bits per heavy atom. The monoisotopic (exact) mass is 293 g/mol. The largest absolute Gasteiger partial charge is 0.478 e. The van der Waals surface area contributed by atoms with Crippen LogP contribution in [0.1, 0.15) is 43.1 Å². The van der Waals surface area contributed by atoms with Gasteiger partial charge in [0.25, 0.3) is 5.91 Å².